The second kappa shape index (κ2) is 9.99. The Bertz CT molecular complexity index is 1050. The topological polar surface area (TPSA) is 98.5 Å². The van der Waals surface area contributed by atoms with Crippen LogP contribution >= 0.6 is 0 Å². The molecule has 1 unspecified atom stereocenters. The molecule has 5 rings (SSSR count). The van der Waals surface area contributed by atoms with Crippen LogP contribution in [0.2, 0.25) is 0 Å². The molecule has 0 heterocycles. The van der Waals surface area contributed by atoms with Crippen LogP contribution in [-0.2, 0) is 19.1 Å². The number of carbonyl (C=O) groups is 3. The minimum atomic E-state index is -0.387. The third-order valence-corrected chi connectivity index (χ3v) is 12.6. The van der Waals surface area contributed by atoms with E-state index in [4.69, 9.17) is 10.5 Å². The summed E-state index contributed by atoms with van der Waals surface area (Å²) in [6.45, 7) is 14.2. The van der Waals surface area contributed by atoms with E-state index in [0.717, 1.165) is 57.8 Å². The molecule has 4 fully saturated rings. The number of esters is 1. The summed E-state index contributed by atoms with van der Waals surface area (Å²) in [6.07, 6.45) is 11.8. The first kappa shape index (κ1) is 28.8. The van der Waals surface area contributed by atoms with Crippen LogP contribution in [0.1, 0.15) is 106 Å². The van der Waals surface area contributed by atoms with E-state index in [1.54, 1.807) is 0 Å². The number of amides is 1. The van der Waals surface area contributed by atoms with Gasteiger partial charge in [-0.3, -0.25) is 14.4 Å². The average Bonchev–Trinajstić information content (AvgIpc) is 2.85. The number of rotatable bonds is 5. The van der Waals surface area contributed by atoms with Crippen molar-refractivity contribution in [1.82, 2.24) is 5.32 Å². The maximum Gasteiger partial charge on any atom is 0.302 e. The van der Waals surface area contributed by atoms with Crippen molar-refractivity contribution in [2.45, 2.75) is 112 Å². The van der Waals surface area contributed by atoms with E-state index in [-0.39, 0.29) is 45.6 Å². The lowest BCUT2D eigenvalue weighted by Gasteiger charge is -2.66. The molecule has 4 saturated carbocycles. The third kappa shape index (κ3) is 4.51. The summed E-state index contributed by atoms with van der Waals surface area (Å²) >= 11 is 0. The zero-order valence-electron chi connectivity index (χ0n) is 25.2. The fourth-order valence-electron chi connectivity index (χ4n) is 10.8. The summed E-state index contributed by atoms with van der Waals surface area (Å²) in [5, 5.41) is 3.15. The van der Waals surface area contributed by atoms with E-state index in [0.29, 0.717) is 42.5 Å². The van der Waals surface area contributed by atoms with Crippen LogP contribution in [0.4, 0.5) is 0 Å². The van der Waals surface area contributed by atoms with Gasteiger partial charge >= 0.3 is 5.97 Å². The van der Waals surface area contributed by atoms with Crippen molar-refractivity contribution in [2.24, 2.45) is 57.0 Å². The largest absolute Gasteiger partial charge is 0.462 e. The Kier molecular flexibility index (Phi) is 7.39. The van der Waals surface area contributed by atoms with Gasteiger partial charge in [-0.2, -0.15) is 0 Å². The average molecular weight is 541 g/mol. The van der Waals surface area contributed by atoms with Gasteiger partial charge in [0.1, 0.15) is 6.10 Å². The molecule has 5 aliphatic rings. The molecular formula is C33H52N2O4. The lowest BCUT2D eigenvalue weighted by Crippen LogP contribution is -2.64. The number of nitrogens with two attached hydrogens (primary N) is 1. The van der Waals surface area contributed by atoms with Gasteiger partial charge in [-0.15, -0.1) is 0 Å². The van der Waals surface area contributed by atoms with Gasteiger partial charge in [0, 0.05) is 30.2 Å². The summed E-state index contributed by atoms with van der Waals surface area (Å²) in [7, 11) is 0. The Balaban J connectivity index is 1.44. The van der Waals surface area contributed by atoms with Gasteiger partial charge in [-0.1, -0.05) is 40.2 Å². The van der Waals surface area contributed by atoms with Crippen molar-refractivity contribution in [1.29, 1.82) is 0 Å². The number of ketones is 1. The second-order valence-electron chi connectivity index (χ2n) is 15.2. The van der Waals surface area contributed by atoms with Crippen molar-refractivity contribution in [3.05, 3.63) is 11.6 Å². The molecule has 9 atom stereocenters. The molecule has 0 aliphatic heterocycles. The number of nitrogens with one attached hydrogen (secondary N) is 1. The molecule has 0 aromatic heterocycles. The number of allylic oxidation sites excluding steroid dienone is 2. The van der Waals surface area contributed by atoms with Crippen molar-refractivity contribution < 1.29 is 19.1 Å². The fourth-order valence-corrected chi connectivity index (χ4v) is 10.8. The van der Waals surface area contributed by atoms with Crippen molar-refractivity contribution >= 4 is 17.7 Å². The van der Waals surface area contributed by atoms with Gasteiger partial charge in [-0.25, -0.2) is 0 Å². The molecule has 0 aromatic rings. The molecule has 0 spiro atoms. The van der Waals surface area contributed by atoms with Gasteiger partial charge in [0.05, 0.1) is 0 Å². The zero-order chi connectivity index (χ0) is 28.4. The Morgan fingerprint density at radius 1 is 1.00 bits per heavy atom. The van der Waals surface area contributed by atoms with Crippen LogP contribution in [0.15, 0.2) is 11.6 Å². The molecule has 1 amide bonds. The number of hydrogen-bond acceptors (Lipinski definition) is 5. The predicted octanol–water partition coefficient (Wildman–Crippen LogP) is 5.58. The first-order chi connectivity index (χ1) is 18.3. The highest BCUT2D eigenvalue weighted by atomic mass is 16.5. The van der Waals surface area contributed by atoms with Crippen LogP contribution in [0.3, 0.4) is 0 Å². The van der Waals surface area contributed by atoms with E-state index < -0.39 is 0 Å². The van der Waals surface area contributed by atoms with E-state index in [1.165, 1.54) is 18.9 Å². The quantitative estimate of drug-likeness (QED) is 0.350. The minimum absolute atomic E-state index is 0.00105. The number of fused-ring (bicyclic) bond motifs is 7. The Morgan fingerprint density at radius 3 is 2.41 bits per heavy atom. The molecule has 0 bridgehead atoms. The van der Waals surface area contributed by atoms with Crippen LogP contribution in [0.25, 0.3) is 0 Å². The van der Waals surface area contributed by atoms with Crippen molar-refractivity contribution in [3.8, 4) is 0 Å². The van der Waals surface area contributed by atoms with E-state index in [1.807, 2.05) is 0 Å². The number of hydrogen-bond donors (Lipinski definition) is 2. The Hall–Kier alpha value is -1.69. The van der Waals surface area contributed by atoms with Crippen molar-refractivity contribution in [2.75, 3.05) is 13.1 Å². The second-order valence-corrected chi connectivity index (χ2v) is 15.2. The molecule has 0 aromatic carbocycles. The molecule has 0 saturated heterocycles. The highest BCUT2D eigenvalue weighted by Crippen LogP contribution is 2.70. The highest BCUT2D eigenvalue weighted by molar-refractivity contribution is 5.95. The lowest BCUT2D eigenvalue weighted by molar-refractivity contribution is -0.199. The molecule has 6 nitrogen and oxygen atoms in total. The maximum atomic E-state index is 14.3. The van der Waals surface area contributed by atoms with Gasteiger partial charge in [0.25, 0.3) is 0 Å². The van der Waals surface area contributed by atoms with Crippen molar-refractivity contribution in [3.63, 3.8) is 0 Å². The molecule has 218 valence electrons. The Morgan fingerprint density at radius 2 is 1.72 bits per heavy atom. The first-order valence-electron chi connectivity index (χ1n) is 15.7. The number of carbonyl (C=O) groups excluding carboxylic acids is 3. The summed E-state index contributed by atoms with van der Waals surface area (Å²) < 4.78 is 5.83. The van der Waals surface area contributed by atoms with E-state index >= 15 is 0 Å². The fraction of sp³-hybridized carbons (Fsp3) is 0.848. The van der Waals surface area contributed by atoms with E-state index in [9.17, 15) is 14.4 Å². The van der Waals surface area contributed by atoms with Crippen LogP contribution in [-0.4, -0.2) is 36.9 Å². The smallest absolute Gasteiger partial charge is 0.302 e. The summed E-state index contributed by atoms with van der Waals surface area (Å²) in [4.78, 5) is 39.5. The SMILES string of the molecule is CC(=O)O[C@H]1CC[C@]2(C)[C@H]3C(=O)C=C4C(CC[C@H]5CC[C@](C)(C(=O)NCCCN)C[C@@H]45)[C@]3(C)CC[C@H]2C1(C)C. The molecule has 0 radical (unpaired) electrons. The molecule has 39 heavy (non-hydrogen) atoms. The summed E-state index contributed by atoms with van der Waals surface area (Å²) in [5.74, 6) is 1.93. The highest BCUT2D eigenvalue weighted by Gasteiger charge is 2.66. The van der Waals surface area contributed by atoms with Crippen LogP contribution < -0.4 is 11.1 Å². The third-order valence-electron chi connectivity index (χ3n) is 12.6. The standard InChI is InChI=1S/C33H52N2O4/c1-20(36)39-27-12-15-33(6)26(30(27,2)3)11-14-32(5)24-9-8-21-10-13-31(4,29(38)35-17-7-16-34)19-23(21)22(24)18-25(37)28(32)33/h18,21,23-24,26-28H,7-17,19,34H2,1-6H3,(H,35,38)/t21-,23+,24?,26-,27-,28-,31-,32-,33-/m0/s1. The minimum Gasteiger partial charge on any atom is -0.462 e. The van der Waals surface area contributed by atoms with Gasteiger partial charge in [0.2, 0.25) is 5.91 Å². The Labute approximate surface area is 235 Å². The first-order valence-corrected chi connectivity index (χ1v) is 15.7. The van der Waals surface area contributed by atoms with Gasteiger partial charge in [0.15, 0.2) is 5.78 Å². The maximum absolute atomic E-state index is 14.3. The molecule has 3 N–H and O–H groups in total. The predicted molar refractivity (Wildman–Crippen MR) is 152 cm³/mol. The van der Waals surface area contributed by atoms with Gasteiger partial charge in [-0.05, 0) is 111 Å². The molecule has 6 heteroatoms. The summed E-state index contributed by atoms with van der Waals surface area (Å²) in [6, 6.07) is 0. The summed E-state index contributed by atoms with van der Waals surface area (Å²) in [5.41, 5.74) is 6.30. The monoisotopic (exact) mass is 540 g/mol. The van der Waals surface area contributed by atoms with Crippen LogP contribution in [0, 0.1) is 51.2 Å². The molecule has 5 aliphatic carbocycles. The van der Waals surface area contributed by atoms with Crippen LogP contribution in [0.5, 0.6) is 0 Å². The molecular weight excluding hydrogens is 488 g/mol. The zero-order valence-corrected chi connectivity index (χ0v) is 25.2. The van der Waals surface area contributed by atoms with Gasteiger partial charge < -0.3 is 15.8 Å². The normalized spacial score (nSPS) is 44.6. The van der Waals surface area contributed by atoms with E-state index in [2.05, 4.69) is 46.0 Å². The lowest BCUT2D eigenvalue weighted by atomic mass is 9.37. The number of ether oxygens (including phenoxy) is 1.